The maximum absolute atomic E-state index is 2.42. The molecule has 0 aliphatic rings. The van der Waals surface area contributed by atoms with Crippen molar-refractivity contribution in [1.29, 1.82) is 0 Å². The number of hydrogen-bond donors (Lipinski definition) is 0. The van der Waals surface area contributed by atoms with E-state index < -0.39 is 0 Å². The average molecular weight is 528 g/mol. The number of fused-ring (bicyclic) bond motifs is 6. The van der Waals surface area contributed by atoms with Gasteiger partial charge in [0.15, 0.2) is 0 Å². The van der Waals surface area contributed by atoms with Crippen LogP contribution in [0.1, 0.15) is 0 Å². The van der Waals surface area contributed by atoms with Gasteiger partial charge in [0, 0.05) is 36.9 Å². The van der Waals surface area contributed by atoms with Crippen molar-refractivity contribution in [2.75, 3.05) is 4.90 Å². The van der Waals surface area contributed by atoms with Crippen molar-refractivity contribution in [2.45, 2.75) is 0 Å². The van der Waals surface area contributed by atoms with Crippen LogP contribution >= 0.6 is 11.3 Å². The van der Waals surface area contributed by atoms with E-state index >= 15 is 0 Å². The second kappa shape index (κ2) is 9.37. The summed E-state index contributed by atoms with van der Waals surface area (Å²) in [4.78, 5) is 2.41. The lowest BCUT2D eigenvalue weighted by Crippen LogP contribution is -2.10. The fourth-order valence-electron chi connectivity index (χ4n) is 5.99. The first kappa shape index (κ1) is 23.0. The Hall–Kier alpha value is -4.92. The molecule has 1 nitrogen and oxygen atoms in total. The molecule has 0 atom stereocenters. The first-order valence-electron chi connectivity index (χ1n) is 13.6. The Kier molecular flexibility index (Phi) is 5.39. The van der Waals surface area contributed by atoms with Gasteiger partial charge in [0.05, 0.1) is 5.69 Å². The number of hydrogen-bond acceptors (Lipinski definition) is 2. The maximum Gasteiger partial charge on any atom is 0.0554 e. The van der Waals surface area contributed by atoms with Crippen molar-refractivity contribution in [3.8, 4) is 11.1 Å². The Morgan fingerprint density at radius 2 is 1.15 bits per heavy atom. The largest absolute Gasteiger partial charge is 0.310 e. The smallest absolute Gasteiger partial charge is 0.0554 e. The molecule has 8 rings (SSSR count). The van der Waals surface area contributed by atoms with Gasteiger partial charge in [-0.2, -0.15) is 0 Å². The molecule has 0 unspecified atom stereocenters. The first-order chi connectivity index (χ1) is 19.8. The van der Waals surface area contributed by atoms with Crippen LogP contribution in [0.15, 0.2) is 152 Å². The summed E-state index contributed by atoms with van der Waals surface area (Å²) < 4.78 is 2.63. The average Bonchev–Trinajstić information content (AvgIpc) is 3.41. The summed E-state index contributed by atoms with van der Waals surface area (Å²) in [5.41, 5.74) is 6.01. The van der Waals surface area contributed by atoms with E-state index in [1.54, 1.807) is 0 Å². The molecule has 0 saturated heterocycles. The summed E-state index contributed by atoms with van der Waals surface area (Å²) in [6.07, 6.45) is 0. The highest BCUT2D eigenvalue weighted by Crippen LogP contribution is 2.48. The van der Waals surface area contributed by atoms with E-state index in [1.165, 1.54) is 58.5 Å². The zero-order valence-corrected chi connectivity index (χ0v) is 22.6. The molecule has 7 aromatic carbocycles. The Morgan fingerprint density at radius 3 is 1.98 bits per heavy atom. The second-order valence-electron chi connectivity index (χ2n) is 10.2. The zero-order chi connectivity index (χ0) is 26.5. The standard InChI is InChI=1S/C38H25NS/c1-3-13-27(14-4-1)33-25-34-37-35(20-11-21-36(37)40-38(34)32-19-10-9-18-31(32)33)39(29-16-5-2-6-17-29)30-23-22-26-12-7-8-15-28(26)24-30/h1-25H. The molecule has 0 spiro atoms. The van der Waals surface area contributed by atoms with Gasteiger partial charge < -0.3 is 4.90 Å². The van der Waals surface area contributed by atoms with Crippen LogP contribution in [0.25, 0.3) is 52.8 Å². The number of nitrogens with zero attached hydrogens (tertiary/aromatic N) is 1. The van der Waals surface area contributed by atoms with Crippen LogP contribution < -0.4 is 4.90 Å². The highest BCUT2D eigenvalue weighted by Gasteiger charge is 2.20. The molecule has 0 amide bonds. The lowest BCUT2D eigenvalue weighted by atomic mass is 9.95. The van der Waals surface area contributed by atoms with Crippen LogP contribution in [0.2, 0.25) is 0 Å². The fourth-order valence-corrected chi connectivity index (χ4v) is 7.23. The number of thiophene rings is 1. The van der Waals surface area contributed by atoms with Gasteiger partial charge in [-0.1, -0.05) is 109 Å². The Bertz CT molecular complexity index is 2160. The minimum absolute atomic E-state index is 1.15. The molecular weight excluding hydrogens is 502 g/mol. The summed E-state index contributed by atoms with van der Waals surface area (Å²) in [6.45, 7) is 0. The maximum atomic E-state index is 2.42. The van der Waals surface area contributed by atoms with Gasteiger partial charge in [-0.05, 0) is 69.8 Å². The van der Waals surface area contributed by atoms with Crippen molar-refractivity contribution < 1.29 is 0 Å². The summed E-state index contributed by atoms with van der Waals surface area (Å²) >= 11 is 1.89. The van der Waals surface area contributed by atoms with Crippen LogP contribution in [-0.4, -0.2) is 0 Å². The summed E-state index contributed by atoms with van der Waals surface area (Å²) in [5.74, 6) is 0. The molecule has 0 fully saturated rings. The third-order valence-electron chi connectivity index (χ3n) is 7.81. The van der Waals surface area contributed by atoms with Crippen molar-refractivity contribution in [1.82, 2.24) is 0 Å². The van der Waals surface area contributed by atoms with Crippen molar-refractivity contribution in [3.05, 3.63) is 152 Å². The summed E-state index contributed by atoms with van der Waals surface area (Å²) in [5, 5.41) is 7.68. The van der Waals surface area contributed by atoms with E-state index in [0.717, 1.165) is 11.4 Å². The predicted molar refractivity (Wildman–Crippen MR) is 174 cm³/mol. The van der Waals surface area contributed by atoms with Crippen molar-refractivity contribution in [3.63, 3.8) is 0 Å². The quantitative estimate of drug-likeness (QED) is 0.220. The SMILES string of the molecule is c1ccc(-c2cc3c(sc4cccc(N(c5ccccc5)c5ccc6ccccc6c5)c43)c3ccccc23)cc1. The Morgan fingerprint density at radius 1 is 0.450 bits per heavy atom. The van der Waals surface area contributed by atoms with E-state index in [1.807, 2.05) is 11.3 Å². The third kappa shape index (κ3) is 3.69. The van der Waals surface area contributed by atoms with E-state index in [4.69, 9.17) is 0 Å². The fraction of sp³-hybridized carbons (Fsp3) is 0. The molecule has 188 valence electrons. The molecule has 0 N–H and O–H groups in total. The third-order valence-corrected chi connectivity index (χ3v) is 9.02. The molecule has 0 saturated carbocycles. The van der Waals surface area contributed by atoms with Gasteiger partial charge >= 0.3 is 0 Å². The first-order valence-corrected chi connectivity index (χ1v) is 14.4. The minimum atomic E-state index is 1.15. The molecule has 1 heterocycles. The predicted octanol–water partition coefficient (Wildman–Crippen LogP) is 11.5. The topological polar surface area (TPSA) is 3.24 Å². The monoisotopic (exact) mass is 527 g/mol. The highest BCUT2D eigenvalue weighted by molar-refractivity contribution is 7.26. The molecule has 0 radical (unpaired) electrons. The Balaban J connectivity index is 1.47. The van der Waals surface area contributed by atoms with Crippen LogP contribution in [0, 0.1) is 0 Å². The molecule has 1 aromatic heterocycles. The van der Waals surface area contributed by atoms with Gasteiger partial charge in [-0.25, -0.2) is 0 Å². The number of anilines is 3. The van der Waals surface area contributed by atoms with Crippen LogP contribution in [0.5, 0.6) is 0 Å². The van der Waals surface area contributed by atoms with E-state index in [9.17, 15) is 0 Å². The number of para-hydroxylation sites is 1. The summed E-state index contributed by atoms with van der Waals surface area (Å²) in [7, 11) is 0. The van der Waals surface area contributed by atoms with Gasteiger partial charge in [0.25, 0.3) is 0 Å². The highest BCUT2D eigenvalue weighted by atomic mass is 32.1. The van der Waals surface area contributed by atoms with Crippen molar-refractivity contribution >= 4 is 70.1 Å². The van der Waals surface area contributed by atoms with Gasteiger partial charge in [-0.15, -0.1) is 11.3 Å². The molecule has 2 heteroatoms. The Labute approximate surface area is 237 Å². The van der Waals surface area contributed by atoms with E-state index in [0.29, 0.717) is 0 Å². The molecular formula is C38H25NS. The van der Waals surface area contributed by atoms with E-state index in [-0.39, 0.29) is 0 Å². The molecule has 8 aromatic rings. The van der Waals surface area contributed by atoms with Crippen LogP contribution in [0.3, 0.4) is 0 Å². The van der Waals surface area contributed by atoms with Crippen LogP contribution in [0.4, 0.5) is 17.1 Å². The van der Waals surface area contributed by atoms with Gasteiger partial charge in [0.1, 0.15) is 0 Å². The minimum Gasteiger partial charge on any atom is -0.310 e. The zero-order valence-electron chi connectivity index (χ0n) is 21.8. The van der Waals surface area contributed by atoms with Crippen LogP contribution in [-0.2, 0) is 0 Å². The van der Waals surface area contributed by atoms with Crippen molar-refractivity contribution in [2.24, 2.45) is 0 Å². The summed E-state index contributed by atoms with van der Waals surface area (Å²) in [6, 6.07) is 54.9. The normalized spacial score (nSPS) is 11.5. The molecule has 0 bridgehead atoms. The lowest BCUT2D eigenvalue weighted by Gasteiger charge is -2.27. The number of benzene rings is 7. The second-order valence-corrected chi connectivity index (χ2v) is 11.2. The lowest BCUT2D eigenvalue weighted by molar-refractivity contribution is 1.31. The number of rotatable bonds is 4. The molecule has 0 aliphatic carbocycles. The molecule has 0 aliphatic heterocycles. The molecule has 40 heavy (non-hydrogen) atoms. The van der Waals surface area contributed by atoms with Gasteiger partial charge in [0.2, 0.25) is 0 Å². The van der Waals surface area contributed by atoms with E-state index in [2.05, 4.69) is 157 Å². The van der Waals surface area contributed by atoms with Gasteiger partial charge in [-0.3, -0.25) is 0 Å².